The molecule has 0 bridgehead atoms. The van der Waals surface area contributed by atoms with E-state index in [-0.39, 0.29) is 10.8 Å². The van der Waals surface area contributed by atoms with E-state index in [0.717, 1.165) is 6.42 Å². The second kappa shape index (κ2) is 7.82. The lowest BCUT2D eigenvalue weighted by Gasteiger charge is -2.31. The number of hydrogen-bond acceptors (Lipinski definition) is 5. The zero-order valence-corrected chi connectivity index (χ0v) is 17.2. The van der Waals surface area contributed by atoms with Crippen molar-refractivity contribution in [3.8, 4) is 0 Å². The van der Waals surface area contributed by atoms with Crippen molar-refractivity contribution in [2.24, 2.45) is 10.3 Å². The standard InChI is InChI=1S/C19H23N3O3S2/c1-4-9-22-15-8-7-14(20-19(23)16-6-5-10-26-16)12-17(15)27(24,25)21-18(22)11-13(2)3/h5-8,10,12-13H,4,9,11H2,1-3H3,(H,20,23). The Balaban J connectivity index is 1.98. The first-order valence-corrected chi connectivity index (χ1v) is 11.2. The minimum atomic E-state index is -3.80. The highest BCUT2D eigenvalue weighted by Crippen LogP contribution is 2.35. The Labute approximate surface area is 164 Å². The van der Waals surface area contributed by atoms with Crippen LogP contribution in [0.2, 0.25) is 0 Å². The van der Waals surface area contributed by atoms with Gasteiger partial charge in [-0.3, -0.25) is 4.79 Å². The number of fused-ring (bicyclic) bond motifs is 1. The fraction of sp³-hybridized carbons (Fsp3) is 0.368. The molecule has 0 atom stereocenters. The van der Waals surface area contributed by atoms with Crippen LogP contribution < -0.4 is 10.2 Å². The van der Waals surface area contributed by atoms with E-state index in [1.165, 1.54) is 17.4 Å². The highest BCUT2D eigenvalue weighted by molar-refractivity contribution is 7.90. The van der Waals surface area contributed by atoms with Gasteiger partial charge in [0.15, 0.2) is 0 Å². The molecule has 1 N–H and O–H groups in total. The third-order valence-corrected chi connectivity index (χ3v) is 6.31. The molecule has 2 aromatic rings. The van der Waals surface area contributed by atoms with Crippen molar-refractivity contribution in [1.29, 1.82) is 0 Å². The van der Waals surface area contributed by atoms with E-state index < -0.39 is 10.0 Å². The average Bonchev–Trinajstić information content (AvgIpc) is 3.12. The Morgan fingerprint density at radius 3 is 2.70 bits per heavy atom. The molecule has 3 rings (SSSR count). The van der Waals surface area contributed by atoms with E-state index in [9.17, 15) is 13.2 Å². The van der Waals surface area contributed by atoms with Gasteiger partial charge in [0.25, 0.3) is 15.9 Å². The minimum Gasteiger partial charge on any atom is -0.328 e. The maximum atomic E-state index is 12.8. The first-order chi connectivity index (χ1) is 12.8. The molecule has 8 heteroatoms. The fourth-order valence-corrected chi connectivity index (χ4v) is 4.87. The third kappa shape index (κ3) is 4.22. The normalized spacial score (nSPS) is 15.4. The van der Waals surface area contributed by atoms with Gasteiger partial charge in [-0.2, -0.15) is 8.42 Å². The summed E-state index contributed by atoms with van der Waals surface area (Å²) >= 11 is 1.33. The van der Waals surface area contributed by atoms with E-state index in [4.69, 9.17) is 0 Å². The molecule has 0 radical (unpaired) electrons. The number of hydrogen-bond donors (Lipinski definition) is 1. The number of anilines is 2. The molecule has 6 nitrogen and oxygen atoms in total. The van der Waals surface area contributed by atoms with Crippen molar-refractivity contribution in [2.45, 2.75) is 38.5 Å². The topological polar surface area (TPSA) is 78.8 Å². The molecule has 144 valence electrons. The summed E-state index contributed by atoms with van der Waals surface area (Å²) in [5.41, 5.74) is 1.06. The summed E-state index contributed by atoms with van der Waals surface area (Å²) in [6, 6.07) is 8.50. The molecule has 0 saturated carbocycles. The number of thiophene rings is 1. The quantitative estimate of drug-likeness (QED) is 0.774. The van der Waals surface area contributed by atoms with Crippen LogP contribution in [0, 0.1) is 5.92 Å². The van der Waals surface area contributed by atoms with E-state index in [2.05, 4.69) is 9.71 Å². The van der Waals surface area contributed by atoms with Crippen LogP contribution >= 0.6 is 11.3 Å². The smallest absolute Gasteiger partial charge is 0.286 e. The van der Waals surface area contributed by atoms with Crippen LogP contribution in [0.1, 0.15) is 43.3 Å². The maximum Gasteiger partial charge on any atom is 0.286 e. The van der Waals surface area contributed by atoms with Gasteiger partial charge in [-0.1, -0.05) is 26.8 Å². The monoisotopic (exact) mass is 405 g/mol. The van der Waals surface area contributed by atoms with Crippen molar-refractivity contribution in [1.82, 2.24) is 0 Å². The van der Waals surface area contributed by atoms with Crippen molar-refractivity contribution in [3.05, 3.63) is 40.6 Å². The maximum absolute atomic E-state index is 12.8. The van der Waals surface area contributed by atoms with Crippen LogP contribution in [0.25, 0.3) is 0 Å². The summed E-state index contributed by atoms with van der Waals surface area (Å²) in [5, 5.41) is 4.58. The SMILES string of the molecule is CCCN1C(CC(C)C)=NS(=O)(=O)c2cc(NC(=O)c3cccs3)ccc21. The van der Waals surface area contributed by atoms with Gasteiger partial charge in [0.1, 0.15) is 10.7 Å². The first-order valence-electron chi connectivity index (χ1n) is 8.92. The van der Waals surface area contributed by atoms with Crippen LogP contribution in [0.5, 0.6) is 0 Å². The number of benzene rings is 1. The van der Waals surface area contributed by atoms with Gasteiger partial charge in [-0.15, -0.1) is 15.7 Å². The Morgan fingerprint density at radius 2 is 2.07 bits per heavy atom. The van der Waals surface area contributed by atoms with Gasteiger partial charge in [0.05, 0.1) is 10.6 Å². The van der Waals surface area contributed by atoms with Crippen LogP contribution in [-0.2, 0) is 10.0 Å². The van der Waals surface area contributed by atoms with E-state index in [0.29, 0.717) is 41.0 Å². The van der Waals surface area contributed by atoms with Crippen LogP contribution in [-0.4, -0.2) is 26.7 Å². The molecule has 1 aromatic carbocycles. The minimum absolute atomic E-state index is 0.132. The number of amides is 1. The van der Waals surface area contributed by atoms with Gasteiger partial charge < -0.3 is 10.2 Å². The summed E-state index contributed by atoms with van der Waals surface area (Å²) in [5.74, 6) is 0.617. The van der Waals surface area contributed by atoms with Gasteiger partial charge in [0, 0.05) is 18.7 Å². The number of sulfonamides is 1. The third-order valence-electron chi connectivity index (χ3n) is 4.11. The Bertz CT molecular complexity index is 964. The molecule has 1 aliphatic heterocycles. The van der Waals surface area contributed by atoms with E-state index in [1.807, 2.05) is 31.1 Å². The van der Waals surface area contributed by atoms with Gasteiger partial charge in [-0.05, 0) is 42.0 Å². The Kier molecular flexibility index (Phi) is 5.67. The molecule has 1 aromatic heterocycles. The van der Waals surface area contributed by atoms with Crippen molar-refractivity contribution < 1.29 is 13.2 Å². The van der Waals surface area contributed by atoms with Gasteiger partial charge in [-0.25, -0.2) is 0 Å². The average molecular weight is 406 g/mol. The van der Waals surface area contributed by atoms with Crippen LogP contribution in [0.3, 0.4) is 0 Å². The van der Waals surface area contributed by atoms with Crippen molar-refractivity contribution >= 4 is 44.5 Å². The van der Waals surface area contributed by atoms with E-state index in [1.54, 1.807) is 24.3 Å². The van der Waals surface area contributed by atoms with Crippen LogP contribution in [0.15, 0.2) is 45.0 Å². The van der Waals surface area contributed by atoms with Crippen molar-refractivity contribution in [3.63, 3.8) is 0 Å². The summed E-state index contributed by atoms with van der Waals surface area (Å²) in [7, 11) is -3.80. The molecular weight excluding hydrogens is 382 g/mol. The highest BCUT2D eigenvalue weighted by atomic mass is 32.2. The number of nitrogens with zero attached hydrogens (tertiary/aromatic N) is 2. The number of amidine groups is 1. The molecule has 0 aliphatic carbocycles. The van der Waals surface area contributed by atoms with Crippen molar-refractivity contribution in [2.75, 3.05) is 16.8 Å². The van der Waals surface area contributed by atoms with Gasteiger partial charge >= 0.3 is 0 Å². The number of carbonyl (C=O) groups excluding carboxylic acids is 1. The molecule has 0 spiro atoms. The zero-order valence-electron chi connectivity index (χ0n) is 15.6. The van der Waals surface area contributed by atoms with Gasteiger partial charge in [0.2, 0.25) is 0 Å². The summed E-state index contributed by atoms with van der Waals surface area (Å²) in [6.07, 6.45) is 1.46. The Hall–Kier alpha value is -2.19. The highest BCUT2D eigenvalue weighted by Gasteiger charge is 2.31. The summed E-state index contributed by atoms with van der Waals surface area (Å²) in [6.45, 7) is 6.82. The summed E-state index contributed by atoms with van der Waals surface area (Å²) < 4.78 is 29.6. The predicted octanol–water partition coefficient (Wildman–Crippen LogP) is 4.36. The van der Waals surface area contributed by atoms with E-state index >= 15 is 0 Å². The largest absolute Gasteiger partial charge is 0.328 e. The second-order valence-electron chi connectivity index (χ2n) is 6.85. The fourth-order valence-electron chi connectivity index (χ4n) is 2.98. The molecule has 0 saturated heterocycles. The lowest BCUT2D eigenvalue weighted by molar-refractivity contribution is 0.103. The second-order valence-corrected chi connectivity index (χ2v) is 9.37. The zero-order chi connectivity index (χ0) is 19.6. The predicted molar refractivity (Wildman–Crippen MR) is 110 cm³/mol. The first kappa shape index (κ1) is 19.6. The molecular formula is C19H23N3O3S2. The number of rotatable bonds is 6. The lowest BCUT2D eigenvalue weighted by atomic mass is 10.1. The summed E-state index contributed by atoms with van der Waals surface area (Å²) in [4.78, 5) is 14.9. The Morgan fingerprint density at radius 1 is 1.30 bits per heavy atom. The molecule has 1 amide bonds. The molecule has 0 unspecified atom stereocenters. The number of nitrogens with one attached hydrogen (secondary N) is 1. The van der Waals surface area contributed by atoms with Crippen LogP contribution in [0.4, 0.5) is 11.4 Å². The lowest BCUT2D eigenvalue weighted by Crippen LogP contribution is -2.37. The molecule has 27 heavy (non-hydrogen) atoms. The molecule has 0 fully saturated rings. The molecule has 2 heterocycles. The molecule has 1 aliphatic rings. The number of carbonyl (C=O) groups is 1.